The molecule has 0 bridgehead atoms. The van der Waals surface area contributed by atoms with Crippen LogP contribution in [-0.4, -0.2) is 16.5 Å². The molecular weight excluding hydrogens is 250 g/mol. The molecule has 1 aliphatic carbocycles. The molecule has 0 amide bonds. The summed E-state index contributed by atoms with van der Waals surface area (Å²) in [5.41, 5.74) is 1.60. The number of rotatable bonds is 6. The highest BCUT2D eigenvalue weighted by molar-refractivity contribution is 5.19. The van der Waals surface area contributed by atoms with E-state index in [2.05, 4.69) is 15.3 Å². The van der Waals surface area contributed by atoms with Crippen LogP contribution in [0.15, 0.2) is 4.79 Å². The second-order valence-corrected chi connectivity index (χ2v) is 6.12. The molecule has 0 aliphatic heterocycles. The van der Waals surface area contributed by atoms with Gasteiger partial charge < -0.3 is 10.3 Å². The van der Waals surface area contributed by atoms with E-state index in [0.29, 0.717) is 5.82 Å². The first-order valence-corrected chi connectivity index (χ1v) is 7.88. The second kappa shape index (κ2) is 7.02. The van der Waals surface area contributed by atoms with Gasteiger partial charge in [0.25, 0.3) is 5.56 Å². The molecule has 1 heterocycles. The fourth-order valence-corrected chi connectivity index (χ4v) is 3.36. The van der Waals surface area contributed by atoms with E-state index in [-0.39, 0.29) is 11.6 Å². The molecule has 0 saturated heterocycles. The molecule has 112 valence electrons. The zero-order chi connectivity index (χ0) is 14.5. The van der Waals surface area contributed by atoms with Gasteiger partial charge in [0.1, 0.15) is 5.82 Å². The van der Waals surface area contributed by atoms with E-state index in [1.165, 1.54) is 38.5 Å². The number of aromatic nitrogens is 2. The van der Waals surface area contributed by atoms with Gasteiger partial charge in [-0.05, 0) is 46.1 Å². The van der Waals surface area contributed by atoms with Crippen LogP contribution in [0.5, 0.6) is 0 Å². The minimum absolute atomic E-state index is 0.00853. The first-order valence-electron chi connectivity index (χ1n) is 7.88. The van der Waals surface area contributed by atoms with Gasteiger partial charge in [-0.1, -0.05) is 25.7 Å². The molecule has 0 spiro atoms. The fraction of sp³-hybridized carbons (Fsp3) is 0.750. The quantitative estimate of drug-likeness (QED) is 0.786. The van der Waals surface area contributed by atoms with E-state index in [4.69, 9.17) is 0 Å². The van der Waals surface area contributed by atoms with Gasteiger partial charge in [-0.15, -0.1) is 0 Å². The van der Waals surface area contributed by atoms with E-state index < -0.39 is 0 Å². The third-order valence-corrected chi connectivity index (χ3v) is 4.41. The highest BCUT2D eigenvalue weighted by Crippen LogP contribution is 2.28. The molecule has 4 nitrogen and oxygen atoms in total. The van der Waals surface area contributed by atoms with Crippen LogP contribution in [0.3, 0.4) is 0 Å². The Balaban J connectivity index is 1.82. The number of hydrogen-bond acceptors (Lipinski definition) is 3. The lowest BCUT2D eigenvalue weighted by Crippen LogP contribution is -2.28. The summed E-state index contributed by atoms with van der Waals surface area (Å²) >= 11 is 0. The summed E-state index contributed by atoms with van der Waals surface area (Å²) in [4.78, 5) is 19.1. The average molecular weight is 277 g/mol. The molecule has 1 atom stereocenters. The van der Waals surface area contributed by atoms with E-state index in [1.807, 2.05) is 20.8 Å². The molecule has 0 radical (unpaired) electrons. The van der Waals surface area contributed by atoms with E-state index in [0.717, 1.165) is 23.7 Å². The largest absolute Gasteiger partial charge is 0.310 e. The molecule has 1 aliphatic rings. The summed E-state index contributed by atoms with van der Waals surface area (Å²) < 4.78 is 0. The van der Waals surface area contributed by atoms with Crippen molar-refractivity contribution in [1.29, 1.82) is 0 Å². The van der Waals surface area contributed by atoms with Crippen LogP contribution >= 0.6 is 0 Å². The van der Waals surface area contributed by atoms with Crippen molar-refractivity contribution < 1.29 is 0 Å². The predicted molar refractivity (Wildman–Crippen MR) is 81.9 cm³/mol. The minimum Gasteiger partial charge on any atom is -0.310 e. The standard InChI is InChI=1S/C16H27N3O/c1-11(15-12(2)18-13(3)19-16(15)20)17-10-6-9-14-7-4-5-8-14/h11,14,17H,4-10H2,1-3H3,(H,18,19,20). The summed E-state index contributed by atoms with van der Waals surface area (Å²) in [6.45, 7) is 6.75. The number of nitrogens with one attached hydrogen (secondary N) is 2. The summed E-state index contributed by atoms with van der Waals surface area (Å²) in [6.07, 6.45) is 8.18. The van der Waals surface area contributed by atoms with Crippen LogP contribution in [0.1, 0.15) is 68.6 Å². The van der Waals surface area contributed by atoms with E-state index in [1.54, 1.807) is 0 Å². The molecule has 0 aromatic carbocycles. The lowest BCUT2D eigenvalue weighted by atomic mass is 10.0. The lowest BCUT2D eigenvalue weighted by Gasteiger charge is -2.16. The van der Waals surface area contributed by atoms with Crippen LogP contribution in [-0.2, 0) is 0 Å². The van der Waals surface area contributed by atoms with Crippen LogP contribution in [0.4, 0.5) is 0 Å². The van der Waals surface area contributed by atoms with Crippen molar-refractivity contribution in [3.63, 3.8) is 0 Å². The molecule has 1 unspecified atom stereocenters. The monoisotopic (exact) mass is 277 g/mol. The van der Waals surface area contributed by atoms with Gasteiger partial charge in [0.2, 0.25) is 0 Å². The van der Waals surface area contributed by atoms with Crippen molar-refractivity contribution in [2.75, 3.05) is 6.54 Å². The summed E-state index contributed by atoms with van der Waals surface area (Å²) in [6, 6.07) is 0.0652. The zero-order valence-electron chi connectivity index (χ0n) is 13.0. The maximum atomic E-state index is 12.0. The summed E-state index contributed by atoms with van der Waals surface area (Å²) in [5.74, 6) is 1.63. The third kappa shape index (κ3) is 3.92. The van der Waals surface area contributed by atoms with Gasteiger partial charge in [-0.2, -0.15) is 0 Å². The summed E-state index contributed by atoms with van der Waals surface area (Å²) in [7, 11) is 0. The highest BCUT2D eigenvalue weighted by atomic mass is 16.1. The smallest absolute Gasteiger partial charge is 0.255 e. The van der Waals surface area contributed by atoms with E-state index >= 15 is 0 Å². The first-order chi connectivity index (χ1) is 9.58. The number of aromatic amines is 1. The predicted octanol–water partition coefficient (Wildman–Crippen LogP) is 3.01. The maximum absolute atomic E-state index is 12.0. The van der Waals surface area contributed by atoms with Gasteiger partial charge in [-0.25, -0.2) is 4.98 Å². The van der Waals surface area contributed by atoms with Gasteiger partial charge in [0, 0.05) is 11.7 Å². The molecule has 1 aromatic heterocycles. The van der Waals surface area contributed by atoms with Crippen LogP contribution in [0, 0.1) is 19.8 Å². The van der Waals surface area contributed by atoms with Gasteiger partial charge in [0.05, 0.1) is 5.56 Å². The minimum atomic E-state index is -0.00853. The zero-order valence-corrected chi connectivity index (χ0v) is 13.0. The van der Waals surface area contributed by atoms with Crippen molar-refractivity contribution >= 4 is 0 Å². The van der Waals surface area contributed by atoms with Crippen LogP contribution in [0.25, 0.3) is 0 Å². The summed E-state index contributed by atoms with van der Waals surface area (Å²) in [5, 5.41) is 3.46. The van der Waals surface area contributed by atoms with Crippen molar-refractivity contribution in [3.05, 3.63) is 27.4 Å². The topological polar surface area (TPSA) is 57.8 Å². The van der Waals surface area contributed by atoms with Gasteiger partial charge in [0.15, 0.2) is 0 Å². The third-order valence-electron chi connectivity index (χ3n) is 4.41. The van der Waals surface area contributed by atoms with Crippen molar-refractivity contribution in [3.8, 4) is 0 Å². The molecule has 1 saturated carbocycles. The van der Waals surface area contributed by atoms with Crippen molar-refractivity contribution in [1.82, 2.24) is 15.3 Å². The van der Waals surface area contributed by atoms with Gasteiger partial charge in [-0.3, -0.25) is 4.79 Å². The molecule has 2 rings (SSSR count). The van der Waals surface area contributed by atoms with E-state index in [9.17, 15) is 4.79 Å². The normalized spacial score (nSPS) is 17.6. The maximum Gasteiger partial charge on any atom is 0.255 e. The lowest BCUT2D eigenvalue weighted by molar-refractivity contribution is 0.454. The fourth-order valence-electron chi connectivity index (χ4n) is 3.36. The molecule has 2 N–H and O–H groups in total. The van der Waals surface area contributed by atoms with Crippen molar-refractivity contribution in [2.45, 2.75) is 65.3 Å². The Hall–Kier alpha value is -1.16. The van der Waals surface area contributed by atoms with Crippen LogP contribution in [0.2, 0.25) is 0 Å². The molecular formula is C16H27N3O. The average Bonchev–Trinajstić information content (AvgIpc) is 2.86. The Morgan fingerprint density at radius 1 is 1.35 bits per heavy atom. The van der Waals surface area contributed by atoms with Crippen LogP contribution < -0.4 is 10.9 Å². The Bertz CT molecular complexity index is 489. The van der Waals surface area contributed by atoms with Crippen molar-refractivity contribution in [2.24, 2.45) is 5.92 Å². The van der Waals surface area contributed by atoms with Gasteiger partial charge >= 0.3 is 0 Å². The number of aryl methyl sites for hydroxylation is 2. The Labute approximate surface area is 121 Å². The number of hydrogen-bond donors (Lipinski definition) is 2. The molecule has 20 heavy (non-hydrogen) atoms. The Morgan fingerprint density at radius 3 is 2.70 bits per heavy atom. The molecule has 4 heteroatoms. The molecule has 1 aromatic rings. The highest BCUT2D eigenvalue weighted by Gasteiger charge is 2.16. The number of nitrogens with zero attached hydrogens (tertiary/aromatic N) is 1. The second-order valence-electron chi connectivity index (χ2n) is 6.12. The Morgan fingerprint density at radius 2 is 2.05 bits per heavy atom. The number of H-pyrrole nitrogens is 1. The SMILES string of the molecule is Cc1nc(C)c(C(C)NCCCC2CCCC2)c(=O)[nH]1. The Kier molecular flexibility index (Phi) is 5.35. The first kappa shape index (κ1) is 15.2. The molecule has 1 fully saturated rings.